The van der Waals surface area contributed by atoms with Gasteiger partial charge >= 0.3 is 0 Å². The van der Waals surface area contributed by atoms with E-state index in [4.69, 9.17) is 5.73 Å². The first kappa shape index (κ1) is 22.6. The molecule has 2 aromatic rings. The molecule has 1 atom stereocenters. The van der Waals surface area contributed by atoms with Gasteiger partial charge < -0.3 is 16.4 Å². The van der Waals surface area contributed by atoms with Gasteiger partial charge in [-0.15, -0.1) is 0 Å². The lowest BCUT2D eigenvalue weighted by Crippen LogP contribution is -2.45. The van der Waals surface area contributed by atoms with Gasteiger partial charge in [-0.05, 0) is 63.0 Å². The van der Waals surface area contributed by atoms with Gasteiger partial charge in [-0.1, -0.05) is 6.92 Å². The number of aryl methyl sites for hydroxylation is 1. The van der Waals surface area contributed by atoms with Crippen molar-refractivity contribution in [3.63, 3.8) is 0 Å². The lowest BCUT2D eigenvalue weighted by Gasteiger charge is -2.23. The summed E-state index contributed by atoms with van der Waals surface area (Å²) in [5.41, 5.74) is 7.74. The van der Waals surface area contributed by atoms with Crippen LogP contribution < -0.4 is 16.4 Å². The standard InChI is InChI=1S/C22H31FN8/c1-3-30-13-5-6-18(30)15-28-22(26-2)27-12-4-7-20-19(14-24)21(25)31(29-20)17-10-8-16(23)9-11-17/h8-11,18H,3-7,12-13,15,25H2,1-2H3,(H2,26,27,28). The predicted octanol–water partition coefficient (Wildman–Crippen LogP) is 2.05. The van der Waals surface area contributed by atoms with Gasteiger partial charge in [0.2, 0.25) is 0 Å². The van der Waals surface area contributed by atoms with Crippen LogP contribution in [0.3, 0.4) is 0 Å². The minimum Gasteiger partial charge on any atom is -0.382 e. The number of nitrogens with zero attached hydrogens (tertiary/aromatic N) is 5. The molecule has 8 nitrogen and oxygen atoms in total. The van der Waals surface area contributed by atoms with E-state index in [2.05, 4.69) is 38.6 Å². The number of nitrogen functional groups attached to an aromatic ring is 1. The van der Waals surface area contributed by atoms with Crippen molar-refractivity contribution in [2.45, 2.75) is 38.6 Å². The molecule has 4 N–H and O–H groups in total. The molecule has 0 aliphatic carbocycles. The number of benzene rings is 1. The van der Waals surface area contributed by atoms with Crippen molar-refractivity contribution >= 4 is 11.8 Å². The normalized spacial score (nSPS) is 17.0. The number of hydrogen-bond donors (Lipinski definition) is 3. The number of nitriles is 1. The molecule has 9 heteroatoms. The number of nitrogens with one attached hydrogen (secondary N) is 2. The third kappa shape index (κ3) is 5.52. The molecule has 2 heterocycles. The van der Waals surface area contributed by atoms with Crippen LogP contribution in [0.15, 0.2) is 29.3 Å². The molecule has 1 fully saturated rings. The van der Waals surface area contributed by atoms with Crippen LogP contribution in [0, 0.1) is 17.1 Å². The van der Waals surface area contributed by atoms with Crippen molar-refractivity contribution in [1.29, 1.82) is 5.26 Å². The first-order chi connectivity index (χ1) is 15.1. The zero-order chi connectivity index (χ0) is 22.2. The van der Waals surface area contributed by atoms with Gasteiger partial charge in [0.15, 0.2) is 5.96 Å². The second kappa shape index (κ2) is 10.8. The van der Waals surface area contributed by atoms with Crippen LogP contribution in [-0.4, -0.2) is 59.9 Å². The van der Waals surface area contributed by atoms with Crippen molar-refractivity contribution < 1.29 is 4.39 Å². The molecule has 1 unspecified atom stereocenters. The van der Waals surface area contributed by atoms with E-state index in [-0.39, 0.29) is 11.6 Å². The van der Waals surface area contributed by atoms with Gasteiger partial charge in [-0.3, -0.25) is 9.89 Å². The summed E-state index contributed by atoms with van der Waals surface area (Å²) in [7, 11) is 1.76. The van der Waals surface area contributed by atoms with Gasteiger partial charge in [-0.2, -0.15) is 10.4 Å². The number of anilines is 1. The Balaban J connectivity index is 1.52. The third-order valence-corrected chi connectivity index (χ3v) is 5.69. The van der Waals surface area contributed by atoms with Crippen molar-refractivity contribution in [3.8, 4) is 11.8 Å². The summed E-state index contributed by atoms with van der Waals surface area (Å²) in [5, 5.41) is 20.7. The Morgan fingerprint density at radius 2 is 2.13 bits per heavy atom. The molecule has 1 aromatic carbocycles. The minimum atomic E-state index is -0.335. The largest absolute Gasteiger partial charge is 0.382 e. The lowest BCUT2D eigenvalue weighted by molar-refractivity contribution is 0.267. The molecule has 31 heavy (non-hydrogen) atoms. The van der Waals surface area contributed by atoms with Crippen LogP contribution in [-0.2, 0) is 6.42 Å². The minimum absolute atomic E-state index is 0.270. The van der Waals surface area contributed by atoms with Gasteiger partial charge in [0, 0.05) is 26.2 Å². The fourth-order valence-electron chi connectivity index (χ4n) is 3.99. The van der Waals surface area contributed by atoms with Crippen LogP contribution in [0.25, 0.3) is 5.69 Å². The van der Waals surface area contributed by atoms with E-state index in [1.54, 1.807) is 19.2 Å². The number of likely N-dealkylation sites (N-methyl/N-ethyl adjacent to an activating group) is 1. The molecule has 166 valence electrons. The molecule has 1 aromatic heterocycles. The average molecular weight is 427 g/mol. The number of guanidine groups is 1. The summed E-state index contributed by atoms with van der Waals surface area (Å²) in [6.07, 6.45) is 3.82. The Morgan fingerprint density at radius 1 is 1.35 bits per heavy atom. The second-order valence-electron chi connectivity index (χ2n) is 7.62. The van der Waals surface area contributed by atoms with E-state index in [1.807, 2.05) is 0 Å². The van der Waals surface area contributed by atoms with E-state index >= 15 is 0 Å². The van der Waals surface area contributed by atoms with E-state index in [0.29, 0.717) is 36.0 Å². The number of likely N-dealkylation sites (tertiary alicyclic amines) is 1. The fraction of sp³-hybridized carbons (Fsp3) is 0.500. The van der Waals surface area contributed by atoms with Crippen molar-refractivity contribution in [2.75, 3.05) is 39.0 Å². The van der Waals surface area contributed by atoms with Gasteiger partial charge in [0.1, 0.15) is 23.3 Å². The summed E-state index contributed by atoms with van der Waals surface area (Å²) < 4.78 is 14.7. The highest BCUT2D eigenvalue weighted by atomic mass is 19.1. The average Bonchev–Trinajstić information content (AvgIpc) is 3.37. The number of rotatable bonds is 8. The SMILES string of the molecule is CCN1CCCC1CNC(=NC)NCCCc1nn(-c2ccc(F)cc2)c(N)c1C#N. The summed E-state index contributed by atoms with van der Waals surface area (Å²) in [6, 6.07) is 8.56. The van der Waals surface area contributed by atoms with E-state index in [0.717, 1.165) is 25.5 Å². The smallest absolute Gasteiger partial charge is 0.191 e. The lowest BCUT2D eigenvalue weighted by atomic mass is 10.1. The molecule has 0 spiro atoms. The summed E-state index contributed by atoms with van der Waals surface area (Å²) in [4.78, 5) is 6.79. The Kier molecular flexibility index (Phi) is 7.84. The Bertz CT molecular complexity index is 928. The van der Waals surface area contributed by atoms with Gasteiger partial charge in [-0.25, -0.2) is 9.07 Å². The van der Waals surface area contributed by atoms with E-state index in [9.17, 15) is 9.65 Å². The van der Waals surface area contributed by atoms with Crippen LogP contribution in [0.2, 0.25) is 0 Å². The molecule has 0 amide bonds. The zero-order valence-corrected chi connectivity index (χ0v) is 18.2. The maximum atomic E-state index is 13.2. The highest BCUT2D eigenvalue weighted by Gasteiger charge is 2.22. The molecular weight excluding hydrogens is 395 g/mol. The molecule has 0 radical (unpaired) electrons. The number of hydrogen-bond acceptors (Lipinski definition) is 5. The van der Waals surface area contributed by atoms with Crippen molar-refractivity contribution in [2.24, 2.45) is 4.99 Å². The molecule has 0 saturated carbocycles. The zero-order valence-electron chi connectivity index (χ0n) is 18.2. The Hall–Kier alpha value is -3.12. The molecular formula is C22H31FN8. The second-order valence-corrected chi connectivity index (χ2v) is 7.62. The quantitative estimate of drug-likeness (QED) is 0.339. The van der Waals surface area contributed by atoms with Crippen LogP contribution >= 0.6 is 0 Å². The molecule has 1 aliphatic rings. The predicted molar refractivity (Wildman–Crippen MR) is 121 cm³/mol. The van der Waals surface area contributed by atoms with Gasteiger partial charge in [0.25, 0.3) is 0 Å². The highest BCUT2D eigenvalue weighted by Crippen LogP contribution is 2.21. The maximum absolute atomic E-state index is 13.2. The Morgan fingerprint density at radius 3 is 2.81 bits per heavy atom. The number of aromatic nitrogens is 2. The number of aliphatic imine (C=N–C) groups is 1. The van der Waals surface area contributed by atoms with Crippen LogP contribution in [0.1, 0.15) is 37.4 Å². The van der Waals surface area contributed by atoms with E-state index in [1.165, 1.54) is 36.2 Å². The Labute approximate surface area is 182 Å². The molecule has 1 saturated heterocycles. The molecule has 3 rings (SSSR count). The first-order valence-corrected chi connectivity index (χ1v) is 10.8. The summed E-state index contributed by atoms with van der Waals surface area (Å²) in [5.74, 6) is 0.713. The fourth-order valence-corrected chi connectivity index (χ4v) is 3.99. The van der Waals surface area contributed by atoms with Crippen molar-refractivity contribution in [3.05, 3.63) is 41.3 Å². The van der Waals surface area contributed by atoms with Gasteiger partial charge in [0.05, 0.1) is 11.4 Å². The van der Waals surface area contributed by atoms with Crippen molar-refractivity contribution in [1.82, 2.24) is 25.3 Å². The van der Waals surface area contributed by atoms with E-state index < -0.39 is 0 Å². The monoisotopic (exact) mass is 426 g/mol. The highest BCUT2D eigenvalue weighted by molar-refractivity contribution is 5.79. The maximum Gasteiger partial charge on any atom is 0.191 e. The number of halogens is 1. The topological polar surface area (TPSA) is 107 Å². The summed E-state index contributed by atoms with van der Waals surface area (Å²) in [6.45, 7) is 6.02. The third-order valence-electron chi connectivity index (χ3n) is 5.69. The van der Waals surface area contributed by atoms with Crippen LogP contribution in [0.5, 0.6) is 0 Å². The van der Waals surface area contributed by atoms with Crippen LogP contribution in [0.4, 0.5) is 10.2 Å². The number of nitrogens with two attached hydrogens (primary N) is 1. The molecule has 0 bridgehead atoms. The first-order valence-electron chi connectivity index (χ1n) is 10.8. The summed E-state index contributed by atoms with van der Waals surface area (Å²) >= 11 is 0. The molecule has 1 aliphatic heterocycles.